The van der Waals surface area contributed by atoms with Gasteiger partial charge in [-0.2, -0.15) is 5.10 Å². The predicted octanol–water partition coefficient (Wildman–Crippen LogP) is -0.868. The first kappa shape index (κ1) is 22.7. The number of rotatable bonds is 0. The van der Waals surface area contributed by atoms with E-state index in [1.807, 2.05) is 6.07 Å². The van der Waals surface area contributed by atoms with Crippen LogP contribution >= 0.6 is 0 Å². The van der Waals surface area contributed by atoms with E-state index >= 15 is 0 Å². The van der Waals surface area contributed by atoms with Gasteiger partial charge in [0.05, 0.1) is 0 Å². The SMILES string of the molecule is CN.CN.CN.[Zr].c1cn[nH]c1. The van der Waals surface area contributed by atoms with Gasteiger partial charge in [-0.15, -0.1) is 0 Å². The maximum Gasteiger partial charge on any atom is 0.0487 e. The molecule has 72 valence electrons. The van der Waals surface area contributed by atoms with Gasteiger partial charge in [0.2, 0.25) is 0 Å². The molecule has 0 unspecified atom stereocenters. The molecule has 1 heterocycles. The van der Waals surface area contributed by atoms with Gasteiger partial charge in [-0.05, 0) is 27.2 Å². The molecule has 0 amide bonds. The molecule has 5 nitrogen and oxygen atoms in total. The van der Waals surface area contributed by atoms with Crippen molar-refractivity contribution in [3.8, 4) is 0 Å². The molecule has 0 atom stereocenters. The van der Waals surface area contributed by atoms with Crippen LogP contribution in [0.25, 0.3) is 0 Å². The molecule has 1 aromatic heterocycles. The molecule has 0 aliphatic heterocycles. The zero-order valence-electron chi connectivity index (χ0n) is 7.91. The van der Waals surface area contributed by atoms with Crippen molar-refractivity contribution in [2.45, 2.75) is 0 Å². The Hall–Kier alpha value is -0.0269. The van der Waals surface area contributed by atoms with E-state index in [2.05, 4.69) is 27.4 Å². The van der Waals surface area contributed by atoms with Crippen molar-refractivity contribution >= 4 is 0 Å². The van der Waals surface area contributed by atoms with Crippen LogP contribution in [0.15, 0.2) is 18.5 Å². The van der Waals surface area contributed by atoms with Crippen molar-refractivity contribution in [3.05, 3.63) is 18.5 Å². The van der Waals surface area contributed by atoms with E-state index in [9.17, 15) is 0 Å². The van der Waals surface area contributed by atoms with E-state index in [0.717, 1.165) is 0 Å². The second-order valence-electron chi connectivity index (χ2n) is 0.766. The molecule has 0 spiro atoms. The Balaban J connectivity index is -0.0000000406. The molecule has 7 N–H and O–H groups in total. The fraction of sp³-hybridized carbons (Fsp3) is 0.500. The van der Waals surface area contributed by atoms with Crippen molar-refractivity contribution in [3.63, 3.8) is 0 Å². The first-order valence-electron chi connectivity index (χ1n) is 3.17. The molecule has 0 aliphatic carbocycles. The molecule has 0 fully saturated rings. The number of aromatic amines is 1. The van der Waals surface area contributed by atoms with Gasteiger partial charge >= 0.3 is 0 Å². The maximum atomic E-state index is 4.50. The molecular formula is C6H19N5Zr. The van der Waals surface area contributed by atoms with E-state index in [1.165, 1.54) is 21.1 Å². The summed E-state index contributed by atoms with van der Waals surface area (Å²) in [6.45, 7) is 0. The van der Waals surface area contributed by atoms with Crippen LogP contribution in [0, 0.1) is 0 Å². The Morgan fingerprint density at radius 3 is 1.50 bits per heavy atom. The molecule has 12 heavy (non-hydrogen) atoms. The molecule has 0 saturated heterocycles. The van der Waals surface area contributed by atoms with E-state index in [-0.39, 0.29) is 26.2 Å². The van der Waals surface area contributed by atoms with E-state index < -0.39 is 0 Å². The monoisotopic (exact) mass is 251 g/mol. The summed E-state index contributed by atoms with van der Waals surface area (Å²) in [5.74, 6) is 0. The minimum absolute atomic E-state index is 0. The minimum Gasteiger partial charge on any atom is -0.333 e. The van der Waals surface area contributed by atoms with E-state index in [0.29, 0.717) is 0 Å². The van der Waals surface area contributed by atoms with Crippen LogP contribution in [0.3, 0.4) is 0 Å². The second kappa shape index (κ2) is 44.1. The molecular weight excluding hydrogens is 233 g/mol. The zero-order valence-corrected chi connectivity index (χ0v) is 10.4. The largest absolute Gasteiger partial charge is 0.333 e. The number of nitrogens with zero attached hydrogens (tertiary/aromatic N) is 1. The maximum absolute atomic E-state index is 4.50. The molecule has 0 aromatic carbocycles. The first-order chi connectivity index (χ1) is 5.50. The van der Waals surface area contributed by atoms with Crippen molar-refractivity contribution < 1.29 is 26.2 Å². The molecule has 0 aliphatic rings. The fourth-order valence-electron chi connectivity index (χ4n) is 0.215. The van der Waals surface area contributed by atoms with Gasteiger partial charge in [-0.3, -0.25) is 5.10 Å². The summed E-state index contributed by atoms with van der Waals surface area (Å²) in [4.78, 5) is 0. The van der Waals surface area contributed by atoms with Crippen molar-refractivity contribution in [2.24, 2.45) is 17.2 Å². The summed E-state index contributed by atoms with van der Waals surface area (Å²) < 4.78 is 0. The molecule has 1 rings (SSSR count). The van der Waals surface area contributed by atoms with Crippen molar-refractivity contribution in [1.82, 2.24) is 10.2 Å². The van der Waals surface area contributed by atoms with Gasteiger partial charge in [0, 0.05) is 38.6 Å². The summed E-state index contributed by atoms with van der Waals surface area (Å²) in [6, 6.07) is 1.83. The molecule has 1 aromatic rings. The number of nitrogens with two attached hydrogens (primary N) is 3. The van der Waals surface area contributed by atoms with Crippen molar-refractivity contribution in [1.29, 1.82) is 0 Å². The Kier molecular flexibility index (Phi) is 83.4. The Morgan fingerprint density at radius 1 is 1.00 bits per heavy atom. The normalized spacial score (nSPS) is 4.83. The van der Waals surface area contributed by atoms with Gasteiger partial charge in [0.15, 0.2) is 0 Å². The van der Waals surface area contributed by atoms with Crippen LogP contribution in [-0.4, -0.2) is 31.3 Å². The molecule has 6 heteroatoms. The number of aromatic nitrogens is 2. The number of hydrogen-bond donors (Lipinski definition) is 4. The zero-order chi connectivity index (χ0) is 9.54. The molecule has 0 saturated carbocycles. The van der Waals surface area contributed by atoms with Crippen LogP contribution < -0.4 is 17.2 Å². The number of hydrogen-bond acceptors (Lipinski definition) is 4. The number of H-pyrrole nitrogens is 1. The van der Waals surface area contributed by atoms with Gasteiger partial charge in [-0.25, -0.2) is 0 Å². The average Bonchev–Trinajstić information content (AvgIpc) is 2.71. The molecule has 0 radical (unpaired) electrons. The summed E-state index contributed by atoms with van der Waals surface area (Å²) in [7, 11) is 4.50. The van der Waals surface area contributed by atoms with E-state index in [1.54, 1.807) is 12.4 Å². The van der Waals surface area contributed by atoms with Crippen LogP contribution in [0.4, 0.5) is 0 Å². The van der Waals surface area contributed by atoms with Crippen molar-refractivity contribution in [2.75, 3.05) is 21.1 Å². The summed E-state index contributed by atoms with van der Waals surface area (Å²) >= 11 is 0. The third-order valence-electron chi connectivity index (χ3n) is 0.406. The van der Waals surface area contributed by atoms with Crippen LogP contribution in [0.2, 0.25) is 0 Å². The summed E-state index contributed by atoms with van der Waals surface area (Å²) in [5.41, 5.74) is 13.5. The smallest absolute Gasteiger partial charge is 0.0487 e. The van der Waals surface area contributed by atoms with Gasteiger partial charge in [-0.1, -0.05) is 0 Å². The Labute approximate surface area is 93.2 Å². The quantitative estimate of drug-likeness (QED) is 0.481. The third kappa shape index (κ3) is 32.5. The average molecular weight is 252 g/mol. The summed E-state index contributed by atoms with van der Waals surface area (Å²) in [5, 5.41) is 6.21. The Bertz CT molecular complexity index is 72.4. The predicted molar refractivity (Wildman–Crippen MR) is 48.9 cm³/mol. The van der Waals surface area contributed by atoms with E-state index in [4.69, 9.17) is 0 Å². The fourth-order valence-corrected chi connectivity index (χ4v) is 0.215. The topological polar surface area (TPSA) is 107 Å². The third-order valence-corrected chi connectivity index (χ3v) is 0.406. The number of nitrogens with one attached hydrogen (secondary N) is 1. The Morgan fingerprint density at radius 2 is 1.42 bits per heavy atom. The summed E-state index contributed by atoms with van der Waals surface area (Å²) in [6.07, 6.45) is 3.46. The minimum atomic E-state index is 0. The van der Waals surface area contributed by atoms with Gasteiger partial charge in [0.25, 0.3) is 0 Å². The second-order valence-corrected chi connectivity index (χ2v) is 0.766. The first-order valence-corrected chi connectivity index (χ1v) is 3.17. The van der Waals surface area contributed by atoms with Gasteiger partial charge < -0.3 is 17.2 Å². The standard InChI is InChI=1S/C3H4N2.3CH5N.Zr/c1-2-4-5-3-1;3*1-2;/h1-3H,(H,4,5);3*2H2,1H3;. The van der Waals surface area contributed by atoms with Crippen LogP contribution in [0.1, 0.15) is 0 Å². The van der Waals surface area contributed by atoms with Gasteiger partial charge in [0.1, 0.15) is 0 Å². The van der Waals surface area contributed by atoms with Crippen LogP contribution in [-0.2, 0) is 26.2 Å². The molecule has 0 bridgehead atoms. The van der Waals surface area contributed by atoms with Crippen LogP contribution in [0.5, 0.6) is 0 Å².